The molecular weight excluding hydrogens is 242 g/mol. The third-order valence-corrected chi connectivity index (χ3v) is 2.41. The van der Waals surface area contributed by atoms with E-state index in [0.717, 1.165) is 0 Å². The first kappa shape index (κ1) is 11.4. The lowest BCUT2D eigenvalue weighted by Crippen LogP contribution is -1.98. The Kier molecular flexibility index (Phi) is 2.97. The molecule has 0 unspecified atom stereocenters. The molecule has 0 saturated carbocycles. The van der Waals surface area contributed by atoms with E-state index >= 15 is 0 Å². The van der Waals surface area contributed by atoms with Gasteiger partial charge in [-0.15, -0.1) is 0 Å². The van der Waals surface area contributed by atoms with Gasteiger partial charge in [0.15, 0.2) is 0 Å². The maximum absolute atomic E-state index is 10.9. The predicted octanol–water partition coefficient (Wildman–Crippen LogP) is 2.81. The smallest absolute Gasteiger partial charge is 0.335 e. The van der Waals surface area contributed by atoms with Gasteiger partial charge in [0.05, 0.1) is 11.3 Å². The van der Waals surface area contributed by atoms with Crippen LogP contribution in [0.5, 0.6) is 5.75 Å². The highest BCUT2D eigenvalue weighted by Crippen LogP contribution is 2.28. The molecule has 0 atom stereocenters. The number of aromatic nitrogens is 1. The third kappa shape index (κ3) is 2.37. The molecule has 2 N–H and O–H groups in total. The van der Waals surface area contributed by atoms with Crippen molar-refractivity contribution < 1.29 is 15.0 Å². The van der Waals surface area contributed by atoms with Crippen LogP contribution in [0.4, 0.5) is 0 Å². The van der Waals surface area contributed by atoms with Gasteiger partial charge in [0.25, 0.3) is 0 Å². The summed E-state index contributed by atoms with van der Waals surface area (Å²) in [5.74, 6) is -1.07. The number of para-hydroxylation sites is 1. The van der Waals surface area contributed by atoms with Gasteiger partial charge in [0, 0.05) is 5.56 Å². The number of aromatic hydroxyl groups is 1. The van der Waals surface area contributed by atoms with Crippen molar-refractivity contribution in [2.24, 2.45) is 0 Å². The third-order valence-electron chi connectivity index (χ3n) is 2.22. The summed E-state index contributed by atoms with van der Waals surface area (Å²) in [5.41, 5.74) is 0.800. The van der Waals surface area contributed by atoms with E-state index < -0.39 is 5.97 Å². The van der Waals surface area contributed by atoms with E-state index in [2.05, 4.69) is 4.98 Å². The SMILES string of the molecule is O=C(O)c1cc(Cl)nc(-c2ccccc2O)c1. The maximum Gasteiger partial charge on any atom is 0.335 e. The minimum Gasteiger partial charge on any atom is -0.507 e. The minimum absolute atomic E-state index is 0.0265. The largest absolute Gasteiger partial charge is 0.507 e. The van der Waals surface area contributed by atoms with Gasteiger partial charge in [-0.05, 0) is 24.3 Å². The summed E-state index contributed by atoms with van der Waals surface area (Å²) in [6.07, 6.45) is 0. The van der Waals surface area contributed by atoms with Crippen molar-refractivity contribution in [3.05, 3.63) is 47.1 Å². The summed E-state index contributed by atoms with van der Waals surface area (Å²) >= 11 is 5.74. The molecule has 1 aromatic heterocycles. The van der Waals surface area contributed by atoms with Crippen molar-refractivity contribution in [3.63, 3.8) is 0 Å². The van der Waals surface area contributed by atoms with Crippen LogP contribution in [0.1, 0.15) is 10.4 Å². The molecule has 0 aliphatic heterocycles. The molecule has 86 valence electrons. The number of rotatable bonds is 2. The number of hydrogen-bond donors (Lipinski definition) is 2. The zero-order valence-corrected chi connectivity index (χ0v) is 9.35. The van der Waals surface area contributed by atoms with Gasteiger partial charge in [-0.25, -0.2) is 9.78 Å². The summed E-state index contributed by atoms with van der Waals surface area (Å²) in [5, 5.41) is 18.6. The number of carboxylic acid groups (broad SMARTS) is 1. The molecule has 17 heavy (non-hydrogen) atoms. The quantitative estimate of drug-likeness (QED) is 0.803. The van der Waals surface area contributed by atoms with E-state index in [-0.39, 0.29) is 16.5 Å². The topological polar surface area (TPSA) is 70.4 Å². The molecule has 0 spiro atoms. The van der Waals surface area contributed by atoms with E-state index in [4.69, 9.17) is 16.7 Å². The highest BCUT2D eigenvalue weighted by Gasteiger charge is 2.11. The lowest BCUT2D eigenvalue weighted by Gasteiger charge is -2.05. The first-order valence-electron chi connectivity index (χ1n) is 4.77. The molecule has 0 aliphatic carbocycles. The molecule has 4 nitrogen and oxygen atoms in total. The Labute approximate surface area is 102 Å². The van der Waals surface area contributed by atoms with Crippen molar-refractivity contribution >= 4 is 17.6 Å². The molecule has 2 aromatic rings. The molecule has 5 heteroatoms. The number of carbonyl (C=O) groups is 1. The van der Waals surface area contributed by atoms with Crippen LogP contribution in [-0.4, -0.2) is 21.2 Å². The van der Waals surface area contributed by atoms with Crippen LogP contribution >= 0.6 is 11.6 Å². The molecule has 0 saturated heterocycles. The van der Waals surface area contributed by atoms with Crippen molar-refractivity contribution in [3.8, 4) is 17.0 Å². The number of nitrogens with zero attached hydrogens (tertiary/aromatic N) is 1. The monoisotopic (exact) mass is 249 g/mol. The zero-order chi connectivity index (χ0) is 12.4. The summed E-state index contributed by atoms with van der Waals surface area (Å²) < 4.78 is 0. The first-order chi connectivity index (χ1) is 8.08. The average molecular weight is 250 g/mol. The molecule has 0 radical (unpaired) electrons. The standard InChI is InChI=1S/C12H8ClNO3/c13-11-6-7(12(16)17)5-9(14-11)8-3-1-2-4-10(8)15/h1-6,15H,(H,16,17). The number of carboxylic acids is 1. The fraction of sp³-hybridized carbons (Fsp3) is 0. The lowest BCUT2D eigenvalue weighted by molar-refractivity contribution is 0.0697. The lowest BCUT2D eigenvalue weighted by atomic mass is 10.1. The maximum atomic E-state index is 10.9. The summed E-state index contributed by atoms with van der Waals surface area (Å²) in [6, 6.07) is 9.15. The number of phenolic OH excluding ortho intramolecular Hbond substituents is 1. The van der Waals surface area contributed by atoms with Gasteiger partial charge in [-0.1, -0.05) is 23.7 Å². The highest BCUT2D eigenvalue weighted by molar-refractivity contribution is 6.29. The summed E-state index contributed by atoms with van der Waals surface area (Å²) in [7, 11) is 0. The molecule has 0 amide bonds. The van der Waals surface area contributed by atoms with Crippen molar-refractivity contribution in [1.29, 1.82) is 0 Å². The minimum atomic E-state index is -1.09. The molecule has 2 rings (SSSR count). The van der Waals surface area contributed by atoms with Crippen LogP contribution in [-0.2, 0) is 0 Å². The Morgan fingerprint density at radius 3 is 2.59 bits per heavy atom. The molecule has 0 aliphatic rings. The van der Waals surface area contributed by atoms with E-state index in [1.807, 2.05) is 0 Å². The second-order valence-corrected chi connectivity index (χ2v) is 3.77. The number of halogens is 1. The van der Waals surface area contributed by atoms with Gasteiger partial charge >= 0.3 is 5.97 Å². The van der Waals surface area contributed by atoms with E-state index in [9.17, 15) is 9.90 Å². The van der Waals surface area contributed by atoms with Gasteiger partial charge < -0.3 is 10.2 Å². The van der Waals surface area contributed by atoms with E-state index in [1.165, 1.54) is 18.2 Å². The molecule has 0 bridgehead atoms. The van der Waals surface area contributed by atoms with Crippen LogP contribution in [0.15, 0.2) is 36.4 Å². The van der Waals surface area contributed by atoms with E-state index in [0.29, 0.717) is 11.3 Å². The number of pyridine rings is 1. The predicted molar refractivity (Wildman–Crippen MR) is 63.3 cm³/mol. The Morgan fingerprint density at radius 1 is 1.24 bits per heavy atom. The Bertz CT molecular complexity index is 584. The van der Waals surface area contributed by atoms with Crippen molar-refractivity contribution in [2.75, 3.05) is 0 Å². The first-order valence-corrected chi connectivity index (χ1v) is 5.15. The van der Waals surface area contributed by atoms with Gasteiger partial charge in [-0.3, -0.25) is 0 Å². The van der Waals surface area contributed by atoms with Crippen LogP contribution < -0.4 is 0 Å². The Morgan fingerprint density at radius 2 is 1.94 bits per heavy atom. The van der Waals surface area contributed by atoms with Gasteiger partial charge in [0.1, 0.15) is 10.9 Å². The molecular formula is C12H8ClNO3. The van der Waals surface area contributed by atoms with Gasteiger partial charge in [-0.2, -0.15) is 0 Å². The van der Waals surface area contributed by atoms with Crippen LogP contribution in [0.2, 0.25) is 5.15 Å². The normalized spacial score (nSPS) is 10.2. The Balaban J connectivity index is 2.60. The second-order valence-electron chi connectivity index (χ2n) is 3.39. The highest BCUT2D eigenvalue weighted by atomic mass is 35.5. The summed E-state index contributed by atoms with van der Waals surface area (Å²) in [4.78, 5) is 14.9. The van der Waals surface area contributed by atoms with Crippen LogP contribution in [0.3, 0.4) is 0 Å². The molecule has 1 aromatic carbocycles. The van der Waals surface area contributed by atoms with E-state index in [1.54, 1.807) is 18.2 Å². The zero-order valence-electron chi connectivity index (χ0n) is 8.59. The fourth-order valence-electron chi connectivity index (χ4n) is 1.45. The van der Waals surface area contributed by atoms with Crippen LogP contribution in [0.25, 0.3) is 11.3 Å². The van der Waals surface area contributed by atoms with Gasteiger partial charge in [0.2, 0.25) is 0 Å². The number of benzene rings is 1. The van der Waals surface area contributed by atoms with Crippen molar-refractivity contribution in [2.45, 2.75) is 0 Å². The molecule has 0 fully saturated rings. The number of aromatic carboxylic acids is 1. The molecule has 1 heterocycles. The second kappa shape index (κ2) is 4.43. The summed E-state index contributed by atoms with van der Waals surface area (Å²) in [6.45, 7) is 0. The van der Waals surface area contributed by atoms with Crippen LogP contribution in [0, 0.1) is 0 Å². The average Bonchev–Trinajstić information content (AvgIpc) is 2.28. The Hall–Kier alpha value is -2.07. The fourth-order valence-corrected chi connectivity index (χ4v) is 1.66. The number of hydrogen-bond acceptors (Lipinski definition) is 3. The van der Waals surface area contributed by atoms with Crippen molar-refractivity contribution in [1.82, 2.24) is 4.98 Å². The number of phenols is 1.